The normalized spacial score (nSPS) is 10.4. The van der Waals surface area contributed by atoms with Crippen molar-refractivity contribution in [3.05, 3.63) is 64.7 Å². The molecule has 0 bridgehead atoms. The van der Waals surface area contributed by atoms with E-state index in [0.29, 0.717) is 24.3 Å². The van der Waals surface area contributed by atoms with Crippen LogP contribution in [0.25, 0.3) is 10.6 Å². The summed E-state index contributed by atoms with van der Waals surface area (Å²) < 4.78 is 0. The minimum absolute atomic E-state index is 0.122. The first-order valence-electron chi connectivity index (χ1n) is 7.92. The molecule has 3 aromatic rings. The maximum Gasteiger partial charge on any atom is 0.272 e. The summed E-state index contributed by atoms with van der Waals surface area (Å²) >= 11 is 1.58. The first kappa shape index (κ1) is 16.9. The number of carbonyl (C=O) groups is 2. The number of H-pyrrole nitrogens is 1. The van der Waals surface area contributed by atoms with Gasteiger partial charge in [-0.3, -0.25) is 14.7 Å². The molecule has 1 aromatic carbocycles. The van der Waals surface area contributed by atoms with Gasteiger partial charge in [0.2, 0.25) is 0 Å². The van der Waals surface area contributed by atoms with E-state index in [4.69, 9.17) is 0 Å². The number of aromatic amines is 1. The molecule has 6 nitrogen and oxygen atoms in total. The van der Waals surface area contributed by atoms with Gasteiger partial charge in [0, 0.05) is 18.7 Å². The molecule has 25 heavy (non-hydrogen) atoms. The maximum atomic E-state index is 12.3. The Hall–Kier alpha value is -2.93. The van der Waals surface area contributed by atoms with Gasteiger partial charge >= 0.3 is 0 Å². The molecule has 3 N–H and O–H groups in total. The molecule has 0 saturated heterocycles. The lowest BCUT2D eigenvalue weighted by atomic mass is 10.1. The van der Waals surface area contributed by atoms with Gasteiger partial charge in [-0.25, -0.2) is 0 Å². The van der Waals surface area contributed by atoms with Crippen LogP contribution in [-0.4, -0.2) is 28.6 Å². The number of aromatic nitrogens is 2. The van der Waals surface area contributed by atoms with E-state index in [9.17, 15) is 9.59 Å². The first-order valence-corrected chi connectivity index (χ1v) is 8.80. The third kappa shape index (κ3) is 4.13. The number of nitrogens with zero attached hydrogens (tertiary/aromatic N) is 1. The van der Waals surface area contributed by atoms with Crippen molar-refractivity contribution >= 4 is 23.2 Å². The van der Waals surface area contributed by atoms with Crippen molar-refractivity contribution in [1.82, 2.24) is 20.8 Å². The zero-order valence-electron chi connectivity index (χ0n) is 13.7. The van der Waals surface area contributed by atoms with Crippen LogP contribution in [0.5, 0.6) is 0 Å². The lowest BCUT2D eigenvalue weighted by Gasteiger charge is -2.06. The van der Waals surface area contributed by atoms with Crippen LogP contribution >= 0.6 is 11.3 Å². The minimum atomic E-state index is -0.262. The van der Waals surface area contributed by atoms with Crippen LogP contribution in [0.1, 0.15) is 33.3 Å². The lowest BCUT2D eigenvalue weighted by Crippen LogP contribution is -2.24. The summed E-state index contributed by atoms with van der Waals surface area (Å²) in [6, 6.07) is 12.8. The molecule has 128 valence electrons. The van der Waals surface area contributed by atoms with E-state index in [0.717, 1.165) is 16.1 Å². The van der Waals surface area contributed by atoms with E-state index < -0.39 is 0 Å². The van der Waals surface area contributed by atoms with Crippen LogP contribution in [0.2, 0.25) is 0 Å². The Morgan fingerprint density at radius 1 is 1.12 bits per heavy atom. The maximum absolute atomic E-state index is 12.3. The lowest BCUT2D eigenvalue weighted by molar-refractivity contribution is 0.0943. The van der Waals surface area contributed by atoms with Gasteiger partial charge in [-0.15, -0.1) is 11.3 Å². The van der Waals surface area contributed by atoms with Crippen molar-refractivity contribution in [3.8, 4) is 10.6 Å². The highest BCUT2D eigenvalue weighted by atomic mass is 32.1. The van der Waals surface area contributed by atoms with Crippen molar-refractivity contribution in [2.75, 3.05) is 6.54 Å². The van der Waals surface area contributed by atoms with Gasteiger partial charge in [-0.05, 0) is 42.1 Å². The van der Waals surface area contributed by atoms with Crippen molar-refractivity contribution in [1.29, 1.82) is 0 Å². The zero-order valence-corrected chi connectivity index (χ0v) is 14.5. The predicted molar refractivity (Wildman–Crippen MR) is 97.5 cm³/mol. The van der Waals surface area contributed by atoms with E-state index in [1.807, 2.05) is 30.5 Å². The second-order valence-corrected chi connectivity index (χ2v) is 6.33. The Kier molecular flexibility index (Phi) is 5.25. The molecular formula is C18H18N4O2S. The number of thiophene rings is 1. The summed E-state index contributed by atoms with van der Waals surface area (Å²) in [4.78, 5) is 25.1. The zero-order chi connectivity index (χ0) is 17.6. The highest BCUT2D eigenvalue weighted by Gasteiger charge is 2.12. The second-order valence-electron chi connectivity index (χ2n) is 5.39. The fourth-order valence-electron chi connectivity index (χ4n) is 2.35. The van der Waals surface area contributed by atoms with Crippen molar-refractivity contribution < 1.29 is 9.59 Å². The van der Waals surface area contributed by atoms with Crippen LogP contribution in [0, 0.1) is 0 Å². The molecule has 2 heterocycles. The summed E-state index contributed by atoms with van der Waals surface area (Å²) in [6.45, 7) is 2.77. The Balaban J connectivity index is 1.63. The summed E-state index contributed by atoms with van der Waals surface area (Å²) in [5, 5.41) is 14.5. The number of benzene rings is 1. The van der Waals surface area contributed by atoms with E-state index in [-0.39, 0.29) is 11.8 Å². The van der Waals surface area contributed by atoms with Crippen LogP contribution in [0.4, 0.5) is 0 Å². The van der Waals surface area contributed by atoms with E-state index >= 15 is 0 Å². The molecule has 0 radical (unpaired) electrons. The topological polar surface area (TPSA) is 86.9 Å². The third-order valence-electron chi connectivity index (χ3n) is 3.58. The van der Waals surface area contributed by atoms with Gasteiger partial charge in [-0.2, -0.15) is 5.10 Å². The van der Waals surface area contributed by atoms with E-state index in [1.54, 1.807) is 35.6 Å². The molecule has 0 aliphatic rings. The highest BCUT2D eigenvalue weighted by Crippen LogP contribution is 2.22. The van der Waals surface area contributed by atoms with Gasteiger partial charge in [-0.1, -0.05) is 18.2 Å². The van der Waals surface area contributed by atoms with Crippen molar-refractivity contribution in [3.63, 3.8) is 0 Å². The average Bonchev–Trinajstić information content (AvgIpc) is 3.31. The van der Waals surface area contributed by atoms with E-state index in [2.05, 4.69) is 20.8 Å². The summed E-state index contributed by atoms with van der Waals surface area (Å²) in [5.41, 5.74) is 2.58. The van der Waals surface area contributed by atoms with Gasteiger partial charge < -0.3 is 10.6 Å². The molecule has 0 fully saturated rings. The summed E-state index contributed by atoms with van der Waals surface area (Å²) in [5.74, 6) is -0.383. The van der Waals surface area contributed by atoms with Crippen molar-refractivity contribution in [2.45, 2.75) is 13.5 Å². The summed E-state index contributed by atoms with van der Waals surface area (Å²) in [7, 11) is 0. The van der Waals surface area contributed by atoms with Crippen LogP contribution in [0.15, 0.2) is 47.8 Å². The number of carbonyl (C=O) groups excluding carboxylic acids is 2. The number of amides is 2. The van der Waals surface area contributed by atoms with Crippen LogP contribution in [-0.2, 0) is 6.54 Å². The quantitative estimate of drug-likeness (QED) is 0.636. The first-order chi connectivity index (χ1) is 12.2. The molecule has 0 saturated carbocycles. The summed E-state index contributed by atoms with van der Waals surface area (Å²) in [6.07, 6.45) is 0. The molecule has 0 aliphatic heterocycles. The average molecular weight is 354 g/mol. The molecule has 0 aliphatic carbocycles. The molecule has 0 atom stereocenters. The van der Waals surface area contributed by atoms with Gasteiger partial charge in [0.05, 0.1) is 10.6 Å². The Morgan fingerprint density at radius 3 is 2.76 bits per heavy atom. The number of nitrogens with one attached hydrogen (secondary N) is 3. The molecule has 2 aromatic heterocycles. The monoisotopic (exact) mass is 354 g/mol. The molecule has 7 heteroatoms. The largest absolute Gasteiger partial charge is 0.352 e. The van der Waals surface area contributed by atoms with Crippen LogP contribution < -0.4 is 10.6 Å². The fourth-order valence-corrected chi connectivity index (χ4v) is 3.05. The van der Waals surface area contributed by atoms with Crippen LogP contribution in [0.3, 0.4) is 0 Å². The molecule has 2 amide bonds. The van der Waals surface area contributed by atoms with E-state index in [1.165, 1.54) is 0 Å². The number of hydrogen-bond donors (Lipinski definition) is 3. The standard InChI is InChI=1S/C18H18N4O2S/c1-2-19-17(23)13-6-3-5-12(9-13)11-20-18(24)15-10-14(21-22-15)16-7-4-8-25-16/h3-10H,2,11H2,1H3,(H,19,23)(H,20,24)(H,21,22). The highest BCUT2D eigenvalue weighted by molar-refractivity contribution is 7.13. The van der Waals surface area contributed by atoms with Gasteiger partial charge in [0.15, 0.2) is 5.69 Å². The Morgan fingerprint density at radius 2 is 2.00 bits per heavy atom. The minimum Gasteiger partial charge on any atom is -0.352 e. The number of hydrogen-bond acceptors (Lipinski definition) is 4. The molecule has 0 unspecified atom stereocenters. The second kappa shape index (κ2) is 7.76. The molecular weight excluding hydrogens is 336 g/mol. The van der Waals surface area contributed by atoms with Crippen molar-refractivity contribution in [2.24, 2.45) is 0 Å². The molecule has 3 rings (SSSR count). The SMILES string of the molecule is CCNC(=O)c1cccc(CNC(=O)c2cc(-c3cccs3)[nH]n2)c1. The smallest absolute Gasteiger partial charge is 0.272 e. The number of rotatable bonds is 6. The van der Waals surface area contributed by atoms with Gasteiger partial charge in [0.25, 0.3) is 11.8 Å². The molecule has 0 spiro atoms. The fraction of sp³-hybridized carbons (Fsp3) is 0.167. The third-order valence-corrected chi connectivity index (χ3v) is 4.48. The predicted octanol–water partition coefficient (Wildman–Crippen LogP) is 2.82. The Labute approximate surface area is 149 Å². The van der Waals surface area contributed by atoms with Gasteiger partial charge in [0.1, 0.15) is 0 Å². The Bertz CT molecular complexity index is 871.